The van der Waals surface area contributed by atoms with E-state index in [1.165, 1.54) is 0 Å². The fourth-order valence-corrected chi connectivity index (χ4v) is 1.41. The normalized spacial score (nSPS) is 33.0. The third kappa shape index (κ3) is 1.75. The average Bonchev–Trinajstić information content (AvgIpc) is 2.74. The van der Waals surface area contributed by atoms with E-state index in [1.807, 2.05) is 19.9 Å². The number of hydrogen-bond donors (Lipinski definition) is 0. The van der Waals surface area contributed by atoms with E-state index < -0.39 is 0 Å². The second-order valence-electron chi connectivity index (χ2n) is 3.46. The van der Waals surface area contributed by atoms with Crippen molar-refractivity contribution in [3.05, 3.63) is 12.7 Å². The lowest BCUT2D eigenvalue weighted by molar-refractivity contribution is -0.119. The van der Waals surface area contributed by atoms with Gasteiger partial charge in [0.2, 0.25) is 0 Å². The summed E-state index contributed by atoms with van der Waals surface area (Å²) in [6.07, 6.45) is 4.13. The van der Waals surface area contributed by atoms with Gasteiger partial charge in [0.05, 0.1) is 0 Å². The summed E-state index contributed by atoms with van der Waals surface area (Å²) in [5.74, 6) is 0.224. The molecule has 0 aromatic carbocycles. The smallest absolute Gasteiger partial charge is 0.164 e. The first kappa shape index (κ1) is 9.46. The van der Waals surface area contributed by atoms with E-state index in [0.717, 1.165) is 12.8 Å². The Bertz CT molecular complexity index is 198. The first-order valence-corrected chi connectivity index (χ1v) is 4.45. The molecular weight excluding hydrogens is 152 g/mol. The summed E-state index contributed by atoms with van der Waals surface area (Å²) in [6.45, 7) is 7.51. The van der Waals surface area contributed by atoms with Crippen LogP contribution in [0.5, 0.6) is 0 Å². The largest absolute Gasteiger partial charge is 0.358 e. The molecule has 1 heterocycles. The van der Waals surface area contributed by atoms with Gasteiger partial charge >= 0.3 is 0 Å². The van der Waals surface area contributed by atoms with Crippen molar-refractivity contribution in [2.45, 2.75) is 44.8 Å². The standard InChI is InChI=1S/C10H16O2/c1-4-6-7-10(3)9(12-10)8(11)5-2/h4,9H,1,5-7H2,2-3H3/t9?,10-/m1/s1. The summed E-state index contributed by atoms with van der Waals surface area (Å²) in [4.78, 5) is 11.2. The van der Waals surface area contributed by atoms with E-state index in [0.29, 0.717) is 6.42 Å². The Morgan fingerprint density at radius 1 is 1.75 bits per heavy atom. The van der Waals surface area contributed by atoms with Gasteiger partial charge in [0, 0.05) is 6.42 Å². The minimum atomic E-state index is -0.179. The summed E-state index contributed by atoms with van der Waals surface area (Å²) >= 11 is 0. The van der Waals surface area contributed by atoms with Crippen molar-refractivity contribution in [1.29, 1.82) is 0 Å². The molecule has 0 N–H and O–H groups in total. The molecule has 2 heteroatoms. The molecule has 0 aromatic rings. The molecule has 0 aliphatic carbocycles. The van der Waals surface area contributed by atoms with E-state index in [4.69, 9.17) is 4.74 Å². The fourth-order valence-electron chi connectivity index (χ4n) is 1.41. The quantitative estimate of drug-likeness (QED) is 0.464. The molecule has 0 spiro atoms. The zero-order valence-corrected chi connectivity index (χ0v) is 7.80. The molecule has 2 atom stereocenters. The van der Waals surface area contributed by atoms with Gasteiger partial charge in [-0.3, -0.25) is 4.79 Å². The van der Waals surface area contributed by atoms with Crippen LogP contribution < -0.4 is 0 Å². The number of carbonyl (C=O) groups excluding carboxylic acids is 1. The molecule has 12 heavy (non-hydrogen) atoms. The van der Waals surface area contributed by atoms with Crippen LogP contribution in [0.25, 0.3) is 0 Å². The summed E-state index contributed by atoms with van der Waals surface area (Å²) < 4.78 is 5.36. The van der Waals surface area contributed by atoms with Crippen molar-refractivity contribution < 1.29 is 9.53 Å². The van der Waals surface area contributed by atoms with Crippen molar-refractivity contribution in [3.8, 4) is 0 Å². The van der Waals surface area contributed by atoms with Gasteiger partial charge in [-0.25, -0.2) is 0 Å². The molecule has 0 saturated carbocycles. The Kier molecular flexibility index (Phi) is 2.68. The second-order valence-corrected chi connectivity index (χ2v) is 3.46. The van der Waals surface area contributed by atoms with Crippen molar-refractivity contribution >= 4 is 5.78 Å². The number of epoxide rings is 1. The number of hydrogen-bond acceptors (Lipinski definition) is 2. The van der Waals surface area contributed by atoms with Gasteiger partial charge in [-0.2, -0.15) is 0 Å². The third-order valence-electron chi connectivity index (χ3n) is 2.37. The predicted molar refractivity (Wildman–Crippen MR) is 48.0 cm³/mol. The van der Waals surface area contributed by atoms with Crippen molar-refractivity contribution in [1.82, 2.24) is 0 Å². The van der Waals surface area contributed by atoms with Gasteiger partial charge in [0.25, 0.3) is 0 Å². The molecule has 1 aliphatic heterocycles. The molecule has 1 aliphatic rings. The zero-order chi connectivity index (χ0) is 9.19. The van der Waals surface area contributed by atoms with Gasteiger partial charge < -0.3 is 4.74 Å². The summed E-state index contributed by atoms with van der Waals surface area (Å²) in [5, 5.41) is 0. The van der Waals surface area contributed by atoms with E-state index in [-0.39, 0.29) is 17.5 Å². The van der Waals surface area contributed by atoms with Crippen LogP contribution in [0, 0.1) is 0 Å². The van der Waals surface area contributed by atoms with Crippen LogP contribution in [-0.2, 0) is 9.53 Å². The van der Waals surface area contributed by atoms with Gasteiger partial charge in [-0.1, -0.05) is 13.0 Å². The molecule has 1 fully saturated rings. The topological polar surface area (TPSA) is 29.6 Å². The molecule has 0 aromatic heterocycles. The lowest BCUT2D eigenvalue weighted by Crippen LogP contribution is -2.16. The molecule has 0 bridgehead atoms. The summed E-state index contributed by atoms with van der Waals surface area (Å²) in [5.41, 5.74) is -0.179. The zero-order valence-electron chi connectivity index (χ0n) is 7.80. The maximum atomic E-state index is 11.2. The van der Waals surface area contributed by atoms with Crippen LogP contribution in [0.4, 0.5) is 0 Å². The van der Waals surface area contributed by atoms with Crippen LogP contribution in [0.15, 0.2) is 12.7 Å². The van der Waals surface area contributed by atoms with Gasteiger partial charge in [-0.05, 0) is 19.8 Å². The van der Waals surface area contributed by atoms with Crippen LogP contribution in [-0.4, -0.2) is 17.5 Å². The lowest BCUT2D eigenvalue weighted by Gasteiger charge is -2.01. The van der Waals surface area contributed by atoms with Crippen LogP contribution in [0.3, 0.4) is 0 Å². The number of Topliss-reactive ketones (excluding diaryl/α,β-unsaturated/α-hetero) is 1. The Balaban J connectivity index is 2.37. The second kappa shape index (κ2) is 3.40. The highest BCUT2D eigenvalue weighted by atomic mass is 16.6. The van der Waals surface area contributed by atoms with Crippen LogP contribution in [0.2, 0.25) is 0 Å². The lowest BCUT2D eigenvalue weighted by atomic mass is 9.98. The number of rotatable bonds is 5. The Morgan fingerprint density at radius 3 is 2.92 bits per heavy atom. The fraction of sp³-hybridized carbons (Fsp3) is 0.700. The molecule has 1 unspecified atom stereocenters. The number of allylic oxidation sites excluding steroid dienone is 1. The predicted octanol–water partition coefficient (Wildman–Crippen LogP) is 2.09. The maximum Gasteiger partial charge on any atom is 0.164 e. The number of ketones is 1. The molecule has 0 radical (unpaired) electrons. The molecule has 0 amide bonds. The average molecular weight is 168 g/mol. The molecular formula is C10H16O2. The molecule has 1 saturated heterocycles. The van der Waals surface area contributed by atoms with Gasteiger partial charge in [-0.15, -0.1) is 6.58 Å². The minimum Gasteiger partial charge on any atom is -0.358 e. The van der Waals surface area contributed by atoms with Crippen molar-refractivity contribution in [2.75, 3.05) is 0 Å². The van der Waals surface area contributed by atoms with Crippen LogP contribution >= 0.6 is 0 Å². The number of carbonyl (C=O) groups is 1. The van der Waals surface area contributed by atoms with Crippen LogP contribution in [0.1, 0.15) is 33.1 Å². The Morgan fingerprint density at radius 2 is 2.42 bits per heavy atom. The first-order valence-electron chi connectivity index (χ1n) is 4.45. The first-order chi connectivity index (χ1) is 5.64. The third-order valence-corrected chi connectivity index (χ3v) is 2.37. The highest BCUT2D eigenvalue weighted by molar-refractivity contribution is 5.86. The minimum absolute atomic E-state index is 0.137. The molecule has 1 rings (SSSR count). The summed E-state index contributed by atoms with van der Waals surface area (Å²) in [7, 11) is 0. The van der Waals surface area contributed by atoms with E-state index in [9.17, 15) is 4.79 Å². The molecule has 68 valence electrons. The maximum absolute atomic E-state index is 11.2. The van der Waals surface area contributed by atoms with E-state index in [2.05, 4.69) is 6.58 Å². The summed E-state index contributed by atoms with van der Waals surface area (Å²) in [6, 6.07) is 0. The Hall–Kier alpha value is -0.630. The van der Waals surface area contributed by atoms with Gasteiger partial charge in [0.1, 0.15) is 11.7 Å². The van der Waals surface area contributed by atoms with Gasteiger partial charge in [0.15, 0.2) is 5.78 Å². The van der Waals surface area contributed by atoms with E-state index in [1.54, 1.807) is 0 Å². The monoisotopic (exact) mass is 168 g/mol. The van der Waals surface area contributed by atoms with Crippen molar-refractivity contribution in [3.63, 3.8) is 0 Å². The highest BCUT2D eigenvalue weighted by Gasteiger charge is 2.54. The Labute approximate surface area is 73.6 Å². The van der Waals surface area contributed by atoms with Crippen molar-refractivity contribution in [2.24, 2.45) is 0 Å². The SMILES string of the molecule is C=CCC[C@@]1(C)OC1C(=O)CC. The van der Waals surface area contributed by atoms with E-state index >= 15 is 0 Å². The molecule has 2 nitrogen and oxygen atoms in total. The highest BCUT2D eigenvalue weighted by Crippen LogP contribution is 2.41. The number of ether oxygens (including phenoxy) is 1.